The molecule has 0 fully saturated rings. The Morgan fingerprint density at radius 3 is 2.94 bits per heavy atom. The van der Waals surface area contributed by atoms with Gasteiger partial charge in [-0.05, 0) is 24.6 Å². The summed E-state index contributed by atoms with van der Waals surface area (Å²) < 4.78 is 4.93. The van der Waals surface area contributed by atoms with Gasteiger partial charge in [0.25, 0.3) is 0 Å². The van der Waals surface area contributed by atoms with Gasteiger partial charge in [-0.25, -0.2) is 9.78 Å². The van der Waals surface area contributed by atoms with E-state index in [1.54, 1.807) is 24.8 Å². The summed E-state index contributed by atoms with van der Waals surface area (Å²) in [5.74, 6) is -0.393. The van der Waals surface area contributed by atoms with Crippen LogP contribution in [0.1, 0.15) is 23.0 Å². The predicted molar refractivity (Wildman–Crippen MR) is 69.6 cm³/mol. The van der Waals surface area contributed by atoms with Crippen molar-refractivity contribution >= 4 is 22.3 Å². The molecule has 5 nitrogen and oxygen atoms in total. The minimum absolute atomic E-state index is 0.343. The summed E-state index contributed by atoms with van der Waals surface area (Å²) >= 11 is 1.38. The lowest BCUT2D eigenvalue weighted by molar-refractivity contribution is 0.0521. The van der Waals surface area contributed by atoms with Gasteiger partial charge in [0, 0.05) is 18.9 Å². The van der Waals surface area contributed by atoms with Gasteiger partial charge in [-0.2, -0.15) is 0 Å². The van der Waals surface area contributed by atoms with Gasteiger partial charge in [-0.3, -0.25) is 4.98 Å². The zero-order valence-corrected chi connectivity index (χ0v) is 10.7. The van der Waals surface area contributed by atoms with Crippen molar-refractivity contribution in [2.45, 2.75) is 13.5 Å². The number of ether oxygens (including phenoxy) is 1. The van der Waals surface area contributed by atoms with E-state index < -0.39 is 5.97 Å². The van der Waals surface area contributed by atoms with Gasteiger partial charge in [0.2, 0.25) is 0 Å². The zero-order valence-electron chi connectivity index (χ0n) is 9.92. The summed E-state index contributed by atoms with van der Waals surface area (Å²) in [5.41, 5.74) is 3.06. The molecule has 94 valence electrons. The van der Waals surface area contributed by atoms with Crippen molar-refractivity contribution in [3.05, 3.63) is 41.3 Å². The Morgan fingerprint density at radius 1 is 1.44 bits per heavy atom. The second kappa shape index (κ2) is 6.11. The third-order valence-electron chi connectivity index (χ3n) is 2.24. The number of nitrogens with zero attached hydrogens (tertiary/aromatic N) is 2. The highest BCUT2D eigenvalue weighted by Crippen LogP contribution is 2.21. The van der Waals surface area contributed by atoms with Crippen LogP contribution in [0.3, 0.4) is 0 Å². The lowest BCUT2D eigenvalue weighted by Gasteiger charge is -2.05. The van der Waals surface area contributed by atoms with Crippen LogP contribution in [0.15, 0.2) is 30.0 Å². The number of aromatic nitrogens is 2. The van der Waals surface area contributed by atoms with E-state index in [1.807, 2.05) is 12.1 Å². The average molecular weight is 263 g/mol. The molecule has 2 heterocycles. The van der Waals surface area contributed by atoms with Crippen molar-refractivity contribution in [2.24, 2.45) is 0 Å². The minimum Gasteiger partial charge on any atom is -0.461 e. The van der Waals surface area contributed by atoms with Gasteiger partial charge < -0.3 is 10.1 Å². The van der Waals surface area contributed by atoms with Crippen LogP contribution in [0, 0.1) is 0 Å². The molecule has 0 amide bonds. The number of hydrogen-bond acceptors (Lipinski definition) is 6. The molecule has 18 heavy (non-hydrogen) atoms. The smallest absolute Gasteiger partial charge is 0.360 e. The molecule has 0 unspecified atom stereocenters. The Hall–Kier alpha value is -1.95. The molecule has 0 aliphatic heterocycles. The van der Waals surface area contributed by atoms with E-state index in [9.17, 15) is 4.79 Å². The molecule has 2 aromatic rings. The number of anilines is 1. The Kier molecular flexibility index (Phi) is 4.25. The molecular weight excluding hydrogens is 250 g/mol. The second-order valence-corrected chi connectivity index (χ2v) is 4.31. The topological polar surface area (TPSA) is 64.1 Å². The van der Waals surface area contributed by atoms with Crippen molar-refractivity contribution in [1.82, 2.24) is 9.97 Å². The number of carbonyl (C=O) groups excluding carboxylic acids is 1. The first kappa shape index (κ1) is 12.5. The van der Waals surface area contributed by atoms with Crippen LogP contribution in [-0.4, -0.2) is 22.5 Å². The summed E-state index contributed by atoms with van der Waals surface area (Å²) in [4.78, 5) is 19.6. The van der Waals surface area contributed by atoms with E-state index in [-0.39, 0.29) is 0 Å². The molecule has 0 saturated carbocycles. The Morgan fingerprint density at radius 2 is 2.22 bits per heavy atom. The molecule has 0 aliphatic rings. The van der Waals surface area contributed by atoms with Crippen molar-refractivity contribution in [2.75, 3.05) is 11.9 Å². The van der Waals surface area contributed by atoms with E-state index >= 15 is 0 Å². The van der Waals surface area contributed by atoms with Crippen LogP contribution in [0.2, 0.25) is 0 Å². The van der Waals surface area contributed by atoms with Crippen LogP contribution in [0.25, 0.3) is 0 Å². The van der Waals surface area contributed by atoms with Crippen molar-refractivity contribution in [3.8, 4) is 0 Å². The number of thiazole rings is 1. The minimum atomic E-state index is -0.393. The Balaban J connectivity index is 2.02. The highest BCUT2D eigenvalue weighted by atomic mass is 32.1. The standard InChI is InChI=1S/C12H13N3O2S/c1-2-17-12(16)10-11(18-8-15-10)14-7-9-3-5-13-6-4-9/h3-6,8,14H,2,7H2,1H3. The monoisotopic (exact) mass is 263 g/mol. The summed E-state index contributed by atoms with van der Waals surface area (Å²) in [5, 5.41) is 3.90. The van der Waals surface area contributed by atoms with E-state index in [4.69, 9.17) is 4.74 Å². The van der Waals surface area contributed by atoms with Crippen LogP contribution in [0.4, 0.5) is 5.00 Å². The zero-order chi connectivity index (χ0) is 12.8. The molecule has 2 rings (SSSR count). The molecule has 6 heteroatoms. The van der Waals surface area contributed by atoms with Crippen LogP contribution < -0.4 is 5.32 Å². The third-order valence-corrected chi connectivity index (χ3v) is 3.02. The quantitative estimate of drug-likeness (QED) is 0.839. The van der Waals surface area contributed by atoms with Crippen LogP contribution >= 0.6 is 11.3 Å². The largest absolute Gasteiger partial charge is 0.461 e. The first-order chi connectivity index (χ1) is 8.81. The number of hydrogen-bond donors (Lipinski definition) is 1. The highest BCUT2D eigenvalue weighted by molar-refractivity contribution is 7.14. The maximum absolute atomic E-state index is 11.6. The van der Waals surface area contributed by atoms with Crippen molar-refractivity contribution < 1.29 is 9.53 Å². The van der Waals surface area contributed by atoms with E-state index in [0.29, 0.717) is 18.8 Å². The van der Waals surface area contributed by atoms with Crippen molar-refractivity contribution in [3.63, 3.8) is 0 Å². The predicted octanol–water partition coefficient (Wildman–Crippen LogP) is 2.33. The fraction of sp³-hybridized carbons (Fsp3) is 0.250. The fourth-order valence-electron chi connectivity index (χ4n) is 1.40. The van der Waals surface area contributed by atoms with Gasteiger partial charge in [-0.15, -0.1) is 11.3 Å². The van der Waals surface area contributed by atoms with E-state index in [2.05, 4.69) is 15.3 Å². The Bertz CT molecular complexity index is 513. The number of carbonyl (C=O) groups is 1. The molecule has 1 N–H and O–H groups in total. The lowest BCUT2D eigenvalue weighted by atomic mass is 10.3. The van der Waals surface area contributed by atoms with Gasteiger partial charge >= 0.3 is 5.97 Å². The molecule has 0 radical (unpaired) electrons. The molecule has 0 bridgehead atoms. The molecule has 0 atom stereocenters. The highest BCUT2D eigenvalue weighted by Gasteiger charge is 2.15. The SMILES string of the molecule is CCOC(=O)c1ncsc1NCc1ccncc1. The first-order valence-electron chi connectivity index (χ1n) is 5.54. The van der Waals surface area contributed by atoms with Crippen LogP contribution in [0.5, 0.6) is 0 Å². The summed E-state index contributed by atoms with van der Waals surface area (Å²) in [7, 11) is 0. The number of esters is 1. The molecule has 0 aromatic carbocycles. The normalized spacial score (nSPS) is 10.1. The van der Waals surface area contributed by atoms with Gasteiger partial charge in [0.1, 0.15) is 5.00 Å². The number of pyridine rings is 1. The third kappa shape index (κ3) is 3.04. The number of nitrogens with one attached hydrogen (secondary N) is 1. The van der Waals surface area contributed by atoms with Crippen LogP contribution in [-0.2, 0) is 11.3 Å². The first-order valence-corrected chi connectivity index (χ1v) is 6.42. The van der Waals surface area contributed by atoms with Gasteiger partial charge in [0.05, 0.1) is 12.1 Å². The maximum atomic E-state index is 11.6. The summed E-state index contributed by atoms with van der Waals surface area (Å²) in [6, 6.07) is 3.83. The van der Waals surface area contributed by atoms with Gasteiger partial charge in [0.15, 0.2) is 5.69 Å². The second-order valence-electron chi connectivity index (χ2n) is 3.46. The lowest BCUT2D eigenvalue weighted by Crippen LogP contribution is -2.09. The van der Waals surface area contributed by atoms with E-state index in [1.165, 1.54) is 11.3 Å². The molecule has 2 aromatic heterocycles. The van der Waals surface area contributed by atoms with E-state index in [0.717, 1.165) is 10.6 Å². The maximum Gasteiger partial charge on any atom is 0.360 e. The van der Waals surface area contributed by atoms with Crippen molar-refractivity contribution in [1.29, 1.82) is 0 Å². The summed E-state index contributed by atoms with van der Waals surface area (Å²) in [6.45, 7) is 2.74. The van der Waals surface area contributed by atoms with Gasteiger partial charge in [-0.1, -0.05) is 0 Å². The fourth-order valence-corrected chi connectivity index (χ4v) is 2.07. The number of rotatable bonds is 5. The average Bonchev–Trinajstić information content (AvgIpc) is 2.86. The molecule has 0 saturated heterocycles. The molecule has 0 aliphatic carbocycles. The summed E-state index contributed by atoms with van der Waals surface area (Å²) in [6.07, 6.45) is 3.46. The Labute approximate surface area is 109 Å². The molecular formula is C12H13N3O2S. The molecule has 0 spiro atoms.